The maximum absolute atomic E-state index is 13.0. The van der Waals surface area contributed by atoms with Crippen molar-refractivity contribution in [2.45, 2.75) is 36.6 Å². The van der Waals surface area contributed by atoms with E-state index >= 15 is 0 Å². The third-order valence-electron chi connectivity index (χ3n) is 5.20. The fraction of sp³-hybridized carbons (Fsp3) is 0.611. The van der Waals surface area contributed by atoms with Gasteiger partial charge < -0.3 is 16.0 Å². The normalized spacial score (nSPS) is 19.0. The number of anilines is 1. The number of sulfonamides is 1. The molecule has 1 saturated heterocycles. The molecule has 2 fully saturated rings. The highest BCUT2D eigenvalue weighted by atomic mass is 32.2. The smallest absolute Gasteiger partial charge is 0.253 e. The van der Waals surface area contributed by atoms with Crippen LogP contribution in [0.4, 0.5) is 5.69 Å². The SMILES string of the molecule is CN(C)S(=O)(=O)c1ccc(N2CCCC2)c(C(=O)NC(CN)C2CC2)c1. The minimum atomic E-state index is -3.60. The number of benzene rings is 1. The molecule has 1 aromatic carbocycles. The molecule has 1 aliphatic heterocycles. The number of nitrogens with one attached hydrogen (secondary N) is 1. The third kappa shape index (κ3) is 3.87. The highest BCUT2D eigenvalue weighted by molar-refractivity contribution is 7.89. The van der Waals surface area contributed by atoms with Gasteiger partial charge in [0, 0.05) is 45.5 Å². The molecule has 8 heteroatoms. The van der Waals surface area contributed by atoms with Crippen LogP contribution in [0.5, 0.6) is 0 Å². The number of amides is 1. The summed E-state index contributed by atoms with van der Waals surface area (Å²) in [5, 5.41) is 3.02. The van der Waals surface area contributed by atoms with Crippen molar-refractivity contribution >= 4 is 21.6 Å². The molecule has 1 atom stereocenters. The fourth-order valence-corrected chi connectivity index (χ4v) is 4.34. The molecule has 0 radical (unpaired) electrons. The van der Waals surface area contributed by atoms with Crippen molar-refractivity contribution in [1.29, 1.82) is 0 Å². The van der Waals surface area contributed by atoms with Crippen molar-refractivity contribution in [3.8, 4) is 0 Å². The first kappa shape index (κ1) is 19.1. The van der Waals surface area contributed by atoms with Crippen LogP contribution in [0.1, 0.15) is 36.0 Å². The number of carbonyl (C=O) groups excluding carboxylic acids is 1. The van der Waals surface area contributed by atoms with Crippen LogP contribution in [0.2, 0.25) is 0 Å². The summed E-state index contributed by atoms with van der Waals surface area (Å²) < 4.78 is 26.2. The quantitative estimate of drug-likeness (QED) is 0.736. The highest BCUT2D eigenvalue weighted by Crippen LogP contribution is 2.33. The van der Waals surface area contributed by atoms with E-state index in [-0.39, 0.29) is 16.8 Å². The first-order valence-electron chi connectivity index (χ1n) is 9.17. The Labute approximate surface area is 155 Å². The summed E-state index contributed by atoms with van der Waals surface area (Å²) in [6, 6.07) is 4.79. The standard InChI is InChI=1S/C18H28N4O3S/c1-21(2)26(24,25)14-7-8-17(22-9-3-4-10-22)15(11-14)18(23)20-16(12-19)13-5-6-13/h7-8,11,13,16H,3-6,9-10,12,19H2,1-2H3,(H,20,23). The Morgan fingerprint density at radius 1 is 1.31 bits per heavy atom. The van der Waals surface area contributed by atoms with E-state index in [0.717, 1.165) is 48.8 Å². The summed E-state index contributed by atoms with van der Waals surface area (Å²) in [6.07, 6.45) is 4.31. The minimum Gasteiger partial charge on any atom is -0.371 e. The van der Waals surface area contributed by atoms with Gasteiger partial charge in [-0.25, -0.2) is 12.7 Å². The van der Waals surface area contributed by atoms with Gasteiger partial charge in [0.05, 0.1) is 10.5 Å². The van der Waals surface area contributed by atoms with Gasteiger partial charge in [-0.1, -0.05) is 0 Å². The second-order valence-corrected chi connectivity index (χ2v) is 9.47. The Hall–Kier alpha value is -1.64. The van der Waals surface area contributed by atoms with E-state index in [2.05, 4.69) is 10.2 Å². The molecule has 7 nitrogen and oxygen atoms in total. The molecule has 0 spiro atoms. The molecule has 2 aliphatic rings. The van der Waals surface area contributed by atoms with Crippen LogP contribution in [0.15, 0.2) is 23.1 Å². The number of rotatable bonds is 7. The van der Waals surface area contributed by atoms with Gasteiger partial charge in [0.2, 0.25) is 10.0 Å². The topological polar surface area (TPSA) is 95.7 Å². The van der Waals surface area contributed by atoms with Gasteiger partial charge in [-0.2, -0.15) is 0 Å². The van der Waals surface area contributed by atoms with E-state index in [0.29, 0.717) is 18.0 Å². The summed E-state index contributed by atoms with van der Waals surface area (Å²) in [4.78, 5) is 15.3. The zero-order valence-electron chi connectivity index (χ0n) is 15.4. The Kier molecular flexibility index (Phi) is 5.55. The maximum atomic E-state index is 13.0. The number of nitrogens with zero attached hydrogens (tertiary/aromatic N) is 2. The molecule has 1 aromatic rings. The average molecular weight is 381 g/mol. The van der Waals surface area contributed by atoms with Crippen LogP contribution >= 0.6 is 0 Å². The Bertz CT molecular complexity index is 769. The summed E-state index contributed by atoms with van der Waals surface area (Å²) in [5.41, 5.74) is 7.02. The monoisotopic (exact) mass is 380 g/mol. The molecular weight excluding hydrogens is 352 g/mol. The van der Waals surface area contributed by atoms with Crippen molar-refractivity contribution in [2.24, 2.45) is 11.7 Å². The predicted octanol–water partition coefficient (Wildman–Crippen LogP) is 1.00. The summed E-state index contributed by atoms with van der Waals surface area (Å²) in [6.45, 7) is 2.15. The van der Waals surface area contributed by atoms with Gasteiger partial charge in [-0.15, -0.1) is 0 Å². The molecule has 26 heavy (non-hydrogen) atoms. The third-order valence-corrected chi connectivity index (χ3v) is 7.01. The van der Waals surface area contributed by atoms with Crippen LogP contribution in [0, 0.1) is 5.92 Å². The highest BCUT2D eigenvalue weighted by Gasteiger charge is 2.32. The molecule has 1 saturated carbocycles. The van der Waals surface area contributed by atoms with Gasteiger partial charge in [0.1, 0.15) is 0 Å². The van der Waals surface area contributed by atoms with Crippen molar-refractivity contribution in [3.63, 3.8) is 0 Å². The average Bonchev–Trinajstić information content (AvgIpc) is 3.32. The first-order chi connectivity index (χ1) is 12.3. The van der Waals surface area contributed by atoms with Crippen molar-refractivity contribution in [3.05, 3.63) is 23.8 Å². The van der Waals surface area contributed by atoms with E-state index in [4.69, 9.17) is 5.73 Å². The summed E-state index contributed by atoms with van der Waals surface area (Å²) in [5.74, 6) is 0.193. The number of hydrogen-bond donors (Lipinski definition) is 2. The van der Waals surface area contributed by atoms with Crippen LogP contribution in [0.3, 0.4) is 0 Å². The molecule has 1 unspecified atom stereocenters. The number of nitrogens with two attached hydrogens (primary N) is 1. The molecule has 1 amide bonds. The Morgan fingerprint density at radius 2 is 1.96 bits per heavy atom. The van der Waals surface area contributed by atoms with E-state index in [9.17, 15) is 13.2 Å². The molecule has 144 valence electrons. The molecule has 1 aliphatic carbocycles. The number of carbonyl (C=O) groups is 1. The Balaban J connectivity index is 1.96. The van der Waals surface area contributed by atoms with Crippen molar-refractivity contribution in [2.75, 3.05) is 38.6 Å². The van der Waals surface area contributed by atoms with E-state index in [1.807, 2.05) is 0 Å². The summed E-state index contributed by atoms with van der Waals surface area (Å²) >= 11 is 0. The molecule has 1 heterocycles. The van der Waals surface area contributed by atoms with Gasteiger partial charge in [0.25, 0.3) is 5.91 Å². The maximum Gasteiger partial charge on any atom is 0.253 e. The zero-order valence-corrected chi connectivity index (χ0v) is 16.3. The fourth-order valence-electron chi connectivity index (χ4n) is 3.42. The van der Waals surface area contributed by atoms with E-state index in [1.165, 1.54) is 20.2 Å². The minimum absolute atomic E-state index is 0.0527. The van der Waals surface area contributed by atoms with Crippen molar-refractivity contribution in [1.82, 2.24) is 9.62 Å². The van der Waals surface area contributed by atoms with Crippen LogP contribution in [-0.2, 0) is 10.0 Å². The van der Waals surface area contributed by atoms with E-state index in [1.54, 1.807) is 12.1 Å². The van der Waals surface area contributed by atoms with Gasteiger partial charge >= 0.3 is 0 Å². The second kappa shape index (κ2) is 7.54. The lowest BCUT2D eigenvalue weighted by Crippen LogP contribution is -2.42. The zero-order chi connectivity index (χ0) is 18.9. The first-order valence-corrected chi connectivity index (χ1v) is 10.6. The van der Waals surface area contributed by atoms with Gasteiger partial charge in [0.15, 0.2) is 0 Å². The summed E-state index contributed by atoms with van der Waals surface area (Å²) in [7, 11) is -0.627. The van der Waals surface area contributed by atoms with E-state index < -0.39 is 10.0 Å². The second-order valence-electron chi connectivity index (χ2n) is 7.31. The van der Waals surface area contributed by atoms with Crippen molar-refractivity contribution < 1.29 is 13.2 Å². The molecule has 0 bridgehead atoms. The predicted molar refractivity (Wildman–Crippen MR) is 102 cm³/mol. The lowest BCUT2D eigenvalue weighted by Gasteiger charge is -2.24. The largest absolute Gasteiger partial charge is 0.371 e. The molecular formula is C18H28N4O3S. The number of hydrogen-bond acceptors (Lipinski definition) is 5. The molecule has 3 rings (SSSR count). The lowest BCUT2D eigenvalue weighted by molar-refractivity contribution is 0.0934. The van der Waals surface area contributed by atoms with Gasteiger partial charge in [-0.05, 0) is 49.8 Å². The lowest BCUT2D eigenvalue weighted by atomic mass is 10.1. The molecule has 0 aromatic heterocycles. The van der Waals surface area contributed by atoms with Gasteiger partial charge in [-0.3, -0.25) is 4.79 Å². The van der Waals surface area contributed by atoms with Crippen LogP contribution in [-0.4, -0.2) is 58.4 Å². The van der Waals surface area contributed by atoms with Crippen LogP contribution in [0.25, 0.3) is 0 Å². The van der Waals surface area contributed by atoms with Crippen LogP contribution < -0.4 is 16.0 Å². The Morgan fingerprint density at radius 3 is 2.50 bits per heavy atom. The molecule has 3 N–H and O–H groups in total.